The average molecular weight is 243 g/mol. The van der Waals surface area contributed by atoms with Gasteiger partial charge in [-0.2, -0.15) is 0 Å². The van der Waals surface area contributed by atoms with Gasteiger partial charge in [0.1, 0.15) is 18.0 Å². The van der Waals surface area contributed by atoms with Crippen molar-refractivity contribution in [1.29, 1.82) is 0 Å². The molecule has 0 bridgehead atoms. The highest BCUT2D eigenvalue weighted by Crippen LogP contribution is 2.30. The van der Waals surface area contributed by atoms with E-state index in [1.165, 1.54) is 0 Å². The van der Waals surface area contributed by atoms with Crippen LogP contribution in [0.4, 0.5) is 11.4 Å². The van der Waals surface area contributed by atoms with Crippen molar-refractivity contribution in [3.05, 3.63) is 28.1 Å². The van der Waals surface area contributed by atoms with Crippen LogP contribution in [0.5, 0.6) is 0 Å². The maximum Gasteiger partial charge on any atom is 0.310 e. The summed E-state index contributed by atoms with van der Waals surface area (Å²) in [7, 11) is 0. The Kier molecular flexibility index (Phi) is 4.32. The molecule has 17 heavy (non-hydrogen) atoms. The predicted octanol–water partition coefficient (Wildman–Crippen LogP) is -0.651. The minimum absolute atomic E-state index is 0.0276. The number of aliphatic hydroxyl groups excluding tert-OH is 3. The van der Waals surface area contributed by atoms with Crippen molar-refractivity contribution in [2.75, 3.05) is 12.3 Å². The van der Waals surface area contributed by atoms with Crippen LogP contribution in [0.15, 0.2) is 12.4 Å². The van der Waals surface area contributed by atoms with E-state index < -0.39 is 22.8 Å². The summed E-state index contributed by atoms with van der Waals surface area (Å²) >= 11 is 0. The molecule has 0 saturated carbocycles. The van der Waals surface area contributed by atoms with Gasteiger partial charge >= 0.3 is 5.69 Å². The van der Waals surface area contributed by atoms with Gasteiger partial charge in [0.25, 0.3) is 0 Å². The minimum atomic E-state index is -1.42. The van der Waals surface area contributed by atoms with Crippen molar-refractivity contribution in [3.8, 4) is 0 Å². The quantitative estimate of drug-likeness (QED) is 0.397. The van der Waals surface area contributed by atoms with Crippen molar-refractivity contribution in [1.82, 2.24) is 4.98 Å². The Labute approximate surface area is 96.5 Å². The Hall–Kier alpha value is -1.77. The van der Waals surface area contributed by atoms with Crippen LogP contribution in [-0.2, 0) is 0 Å². The molecule has 1 aromatic rings. The molecule has 1 rings (SSSR count). The lowest BCUT2D eigenvalue weighted by molar-refractivity contribution is -0.384. The third kappa shape index (κ3) is 2.87. The number of nitro groups is 1. The Bertz CT molecular complexity index is 412. The van der Waals surface area contributed by atoms with Gasteiger partial charge in [0.15, 0.2) is 0 Å². The molecule has 2 atom stereocenters. The van der Waals surface area contributed by atoms with Crippen LogP contribution in [-0.4, -0.2) is 37.9 Å². The minimum Gasteiger partial charge on any atom is -0.396 e. The summed E-state index contributed by atoms with van der Waals surface area (Å²) in [6.45, 7) is -0.319. The number of hydrogen-bond acceptors (Lipinski definition) is 7. The van der Waals surface area contributed by atoms with E-state index in [-0.39, 0.29) is 24.3 Å². The van der Waals surface area contributed by atoms with Gasteiger partial charge in [-0.1, -0.05) is 0 Å². The highest BCUT2D eigenvalue weighted by Gasteiger charge is 2.25. The van der Waals surface area contributed by atoms with E-state index in [2.05, 4.69) is 4.98 Å². The van der Waals surface area contributed by atoms with E-state index >= 15 is 0 Å². The van der Waals surface area contributed by atoms with Gasteiger partial charge in [0, 0.05) is 18.4 Å². The summed E-state index contributed by atoms with van der Waals surface area (Å²) in [6, 6.07) is 0. The second-order valence-corrected chi connectivity index (χ2v) is 3.44. The number of rotatable bonds is 5. The second-order valence-electron chi connectivity index (χ2n) is 3.44. The highest BCUT2D eigenvalue weighted by atomic mass is 16.6. The number of nitrogens with zero attached hydrogens (tertiary/aromatic N) is 2. The van der Waals surface area contributed by atoms with Crippen molar-refractivity contribution in [2.24, 2.45) is 0 Å². The average Bonchev–Trinajstić information content (AvgIpc) is 2.28. The summed E-state index contributed by atoms with van der Waals surface area (Å²) in [5.74, 6) is 0. The van der Waals surface area contributed by atoms with Crippen LogP contribution in [0.1, 0.15) is 18.1 Å². The third-order valence-electron chi connectivity index (χ3n) is 2.30. The zero-order chi connectivity index (χ0) is 13.0. The van der Waals surface area contributed by atoms with Gasteiger partial charge in [-0.25, -0.2) is 0 Å². The number of hydrogen-bond donors (Lipinski definition) is 4. The molecule has 0 spiro atoms. The zero-order valence-electron chi connectivity index (χ0n) is 8.85. The van der Waals surface area contributed by atoms with E-state index in [0.717, 1.165) is 12.4 Å². The normalized spacial score (nSPS) is 14.3. The molecule has 0 saturated heterocycles. The van der Waals surface area contributed by atoms with Gasteiger partial charge in [-0.3, -0.25) is 15.1 Å². The third-order valence-corrected chi connectivity index (χ3v) is 2.30. The summed E-state index contributed by atoms with van der Waals surface area (Å²) in [5.41, 5.74) is 4.80. The first-order valence-corrected chi connectivity index (χ1v) is 4.83. The predicted molar refractivity (Wildman–Crippen MR) is 58.0 cm³/mol. The van der Waals surface area contributed by atoms with Gasteiger partial charge in [-0.05, 0) is 6.42 Å². The molecule has 0 aromatic carbocycles. The van der Waals surface area contributed by atoms with Crippen LogP contribution in [0.2, 0.25) is 0 Å². The monoisotopic (exact) mass is 243 g/mol. The van der Waals surface area contributed by atoms with E-state index in [1.807, 2.05) is 0 Å². The van der Waals surface area contributed by atoms with Crippen molar-refractivity contribution >= 4 is 11.4 Å². The van der Waals surface area contributed by atoms with Crippen molar-refractivity contribution in [3.63, 3.8) is 0 Å². The lowest BCUT2D eigenvalue weighted by Gasteiger charge is -2.18. The molecule has 8 heteroatoms. The zero-order valence-corrected chi connectivity index (χ0v) is 8.85. The van der Waals surface area contributed by atoms with Crippen LogP contribution in [0, 0.1) is 10.1 Å². The fraction of sp³-hybridized carbons (Fsp3) is 0.444. The van der Waals surface area contributed by atoms with Gasteiger partial charge in [0.05, 0.1) is 11.0 Å². The molecule has 0 radical (unpaired) electrons. The summed E-state index contributed by atoms with van der Waals surface area (Å²) < 4.78 is 0. The largest absolute Gasteiger partial charge is 0.396 e. The maximum atomic E-state index is 10.6. The molecule has 5 N–H and O–H groups in total. The number of nitrogens with two attached hydrogens (primary N) is 1. The maximum absolute atomic E-state index is 10.6. The van der Waals surface area contributed by atoms with Gasteiger partial charge in [0.2, 0.25) is 0 Å². The molecule has 8 nitrogen and oxygen atoms in total. The standard InChI is InChI=1S/C9H13N3O5/c10-8-5(9(15)7(14)1-2-13)3-11-4-6(8)12(16)17/h3-4,7,9,13-15H,1-2H2,(H2,10,11). The van der Waals surface area contributed by atoms with Crippen molar-refractivity contribution < 1.29 is 20.2 Å². The highest BCUT2D eigenvalue weighted by molar-refractivity contribution is 5.62. The molecular formula is C9H13N3O5. The van der Waals surface area contributed by atoms with Crippen LogP contribution in [0.25, 0.3) is 0 Å². The molecule has 94 valence electrons. The lowest BCUT2D eigenvalue weighted by atomic mass is 10.0. The van der Waals surface area contributed by atoms with E-state index in [1.54, 1.807) is 0 Å². The number of aromatic nitrogens is 1. The number of aliphatic hydroxyl groups is 3. The smallest absolute Gasteiger partial charge is 0.310 e. The summed E-state index contributed by atoms with van der Waals surface area (Å²) in [5, 5.41) is 38.4. The molecule has 0 fully saturated rings. The molecule has 0 aliphatic rings. The van der Waals surface area contributed by atoms with Crippen molar-refractivity contribution in [2.45, 2.75) is 18.6 Å². The van der Waals surface area contributed by atoms with E-state index in [4.69, 9.17) is 10.8 Å². The number of pyridine rings is 1. The first-order valence-electron chi connectivity index (χ1n) is 4.83. The fourth-order valence-electron chi connectivity index (χ4n) is 1.35. The van der Waals surface area contributed by atoms with Crippen LogP contribution >= 0.6 is 0 Å². The van der Waals surface area contributed by atoms with E-state index in [9.17, 15) is 20.3 Å². The fourth-order valence-corrected chi connectivity index (χ4v) is 1.35. The molecule has 0 aliphatic heterocycles. The first-order chi connectivity index (χ1) is 7.99. The topological polar surface area (TPSA) is 143 Å². The summed E-state index contributed by atoms with van der Waals surface area (Å²) in [6.07, 6.45) is -0.637. The molecule has 1 heterocycles. The second kappa shape index (κ2) is 5.53. The molecule has 1 aromatic heterocycles. The molecule has 0 amide bonds. The van der Waals surface area contributed by atoms with Gasteiger partial charge in [-0.15, -0.1) is 0 Å². The Morgan fingerprint density at radius 3 is 2.65 bits per heavy atom. The molecular weight excluding hydrogens is 230 g/mol. The Balaban J connectivity index is 3.06. The SMILES string of the molecule is Nc1c(C(O)C(O)CCO)cncc1[N+](=O)[O-]. The molecule has 2 unspecified atom stereocenters. The number of nitrogen functional groups attached to an aromatic ring is 1. The lowest BCUT2D eigenvalue weighted by Crippen LogP contribution is -2.21. The van der Waals surface area contributed by atoms with Gasteiger partial charge < -0.3 is 21.1 Å². The Morgan fingerprint density at radius 1 is 1.47 bits per heavy atom. The summed E-state index contributed by atoms with van der Waals surface area (Å²) in [4.78, 5) is 13.4. The van der Waals surface area contributed by atoms with Crippen LogP contribution < -0.4 is 5.73 Å². The first kappa shape index (κ1) is 13.3. The van der Waals surface area contributed by atoms with Crippen LogP contribution in [0.3, 0.4) is 0 Å². The Morgan fingerprint density at radius 2 is 2.12 bits per heavy atom. The molecule has 0 aliphatic carbocycles. The number of anilines is 1. The van der Waals surface area contributed by atoms with E-state index in [0.29, 0.717) is 0 Å².